The minimum absolute atomic E-state index is 0.145. The molecular weight excluding hydrogens is 254 g/mol. The summed E-state index contributed by atoms with van der Waals surface area (Å²) in [7, 11) is 1.75. The highest BCUT2D eigenvalue weighted by atomic mass is 16.2. The van der Waals surface area contributed by atoms with Crippen molar-refractivity contribution in [2.45, 2.75) is 20.0 Å². The van der Waals surface area contributed by atoms with Crippen LogP contribution in [0.25, 0.3) is 0 Å². The van der Waals surface area contributed by atoms with Crippen LogP contribution in [0.1, 0.15) is 21.6 Å². The van der Waals surface area contributed by atoms with Crippen molar-refractivity contribution in [1.29, 1.82) is 0 Å². The van der Waals surface area contributed by atoms with Gasteiger partial charge in [-0.2, -0.15) is 0 Å². The molecule has 1 aromatic carbocycles. The number of benzene rings is 1. The Morgan fingerprint density at radius 1 is 1.35 bits per heavy atom. The number of nitrogens with zero attached hydrogens (tertiary/aromatic N) is 4. The first kappa shape index (κ1) is 14.2. The van der Waals surface area contributed by atoms with Gasteiger partial charge in [0.2, 0.25) is 0 Å². The zero-order valence-corrected chi connectivity index (χ0v) is 11.8. The molecule has 20 heavy (non-hydrogen) atoms. The van der Waals surface area contributed by atoms with Crippen molar-refractivity contribution in [3.05, 3.63) is 47.3 Å². The molecule has 0 saturated heterocycles. The van der Waals surface area contributed by atoms with Crippen LogP contribution in [0.5, 0.6) is 0 Å². The Labute approximate surface area is 118 Å². The molecule has 0 unspecified atom stereocenters. The summed E-state index contributed by atoms with van der Waals surface area (Å²) in [6.07, 6.45) is 1.63. The summed E-state index contributed by atoms with van der Waals surface area (Å²) >= 11 is 0. The Balaban J connectivity index is 2.02. The molecule has 0 saturated carbocycles. The number of aromatic nitrogens is 3. The van der Waals surface area contributed by atoms with Crippen LogP contribution in [0.2, 0.25) is 0 Å². The fraction of sp³-hybridized carbons (Fsp3) is 0.357. The summed E-state index contributed by atoms with van der Waals surface area (Å²) in [5.41, 5.74) is 8.06. The fourth-order valence-electron chi connectivity index (χ4n) is 1.87. The van der Waals surface area contributed by atoms with Gasteiger partial charge >= 0.3 is 0 Å². The van der Waals surface area contributed by atoms with E-state index in [9.17, 15) is 4.79 Å². The van der Waals surface area contributed by atoms with Gasteiger partial charge in [0, 0.05) is 20.1 Å². The van der Waals surface area contributed by atoms with Gasteiger partial charge in [0.05, 0.1) is 12.7 Å². The van der Waals surface area contributed by atoms with Crippen molar-refractivity contribution in [1.82, 2.24) is 19.9 Å². The molecule has 0 fully saturated rings. The van der Waals surface area contributed by atoms with E-state index in [4.69, 9.17) is 5.73 Å². The molecular formula is C14H19N5O. The standard InChI is InChI=1S/C14H19N5O/c1-11-3-5-12(6-4-11)9-18(2)14(20)13-10-19(8-7-15)17-16-13/h3-6,10H,7-9,15H2,1-2H3. The summed E-state index contributed by atoms with van der Waals surface area (Å²) < 4.78 is 1.58. The highest BCUT2D eigenvalue weighted by Gasteiger charge is 2.15. The SMILES string of the molecule is Cc1ccc(CN(C)C(=O)c2cn(CCN)nn2)cc1. The number of rotatable bonds is 5. The van der Waals surface area contributed by atoms with Crippen LogP contribution in [-0.2, 0) is 13.1 Å². The van der Waals surface area contributed by atoms with Crippen LogP contribution < -0.4 is 5.73 Å². The van der Waals surface area contributed by atoms with Crippen molar-refractivity contribution in [3.8, 4) is 0 Å². The highest BCUT2D eigenvalue weighted by Crippen LogP contribution is 2.08. The molecule has 2 rings (SSSR count). The maximum Gasteiger partial charge on any atom is 0.276 e. The van der Waals surface area contributed by atoms with Crippen LogP contribution in [0.4, 0.5) is 0 Å². The highest BCUT2D eigenvalue weighted by molar-refractivity contribution is 5.91. The van der Waals surface area contributed by atoms with E-state index in [-0.39, 0.29) is 5.91 Å². The summed E-state index contributed by atoms with van der Waals surface area (Å²) in [5, 5.41) is 7.74. The first-order valence-corrected chi connectivity index (χ1v) is 6.51. The molecule has 6 heteroatoms. The Morgan fingerprint density at radius 2 is 2.05 bits per heavy atom. The molecule has 0 spiro atoms. The topological polar surface area (TPSA) is 77.0 Å². The quantitative estimate of drug-likeness (QED) is 0.875. The minimum Gasteiger partial charge on any atom is -0.336 e. The molecule has 0 aliphatic heterocycles. The molecule has 1 heterocycles. The first-order chi connectivity index (χ1) is 9.60. The number of amides is 1. The van der Waals surface area contributed by atoms with Gasteiger partial charge in [0.1, 0.15) is 0 Å². The van der Waals surface area contributed by atoms with Crippen molar-refractivity contribution in [2.75, 3.05) is 13.6 Å². The molecule has 106 valence electrons. The molecule has 0 bridgehead atoms. The van der Waals surface area contributed by atoms with Crippen LogP contribution in [0, 0.1) is 6.92 Å². The third-order valence-corrected chi connectivity index (χ3v) is 3.00. The second-order valence-electron chi connectivity index (χ2n) is 4.80. The lowest BCUT2D eigenvalue weighted by Crippen LogP contribution is -2.26. The molecule has 2 N–H and O–H groups in total. The summed E-state index contributed by atoms with van der Waals surface area (Å²) in [6.45, 7) is 3.61. The predicted octanol–water partition coefficient (Wildman–Crippen LogP) is 0.817. The van der Waals surface area contributed by atoms with Crippen LogP contribution >= 0.6 is 0 Å². The average molecular weight is 273 g/mol. The number of carbonyl (C=O) groups excluding carboxylic acids is 1. The maximum atomic E-state index is 12.2. The van der Waals surface area contributed by atoms with Crippen molar-refractivity contribution in [2.24, 2.45) is 5.73 Å². The predicted molar refractivity (Wildman–Crippen MR) is 76.1 cm³/mol. The summed E-state index contributed by atoms with van der Waals surface area (Å²) in [4.78, 5) is 13.8. The van der Waals surface area contributed by atoms with Gasteiger partial charge in [-0.15, -0.1) is 5.10 Å². The van der Waals surface area contributed by atoms with Crippen LogP contribution in [0.15, 0.2) is 30.5 Å². The molecule has 2 aromatic rings. The van der Waals surface area contributed by atoms with Gasteiger partial charge in [0.15, 0.2) is 5.69 Å². The van der Waals surface area contributed by atoms with Crippen LogP contribution in [-0.4, -0.2) is 39.4 Å². The van der Waals surface area contributed by atoms with Crippen LogP contribution in [0.3, 0.4) is 0 Å². The molecule has 0 aliphatic rings. The molecule has 0 atom stereocenters. The summed E-state index contributed by atoms with van der Waals surface area (Å²) in [6, 6.07) is 8.10. The van der Waals surface area contributed by atoms with Gasteiger partial charge in [-0.05, 0) is 12.5 Å². The number of nitrogens with two attached hydrogens (primary N) is 1. The maximum absolute atomic E-state index is 12.2. The number of hydrogen-bond acceptors (Lipinski definition) is 4. The largest absolute Gasteiger partial charge is 0.336 e. The van der Waals surface area contributed by atoms with Gasteiger partial charge < -0.3 is 10.6 Å². The molecule has 6 nitrogen and oxygen atoms in total. The number of carbonyl (C=O) groups is 1. The second-order valence-corrected chi connectivity index (χ2v) is 4.80. The minimum atomic E-state index is -0.145. The fourth-order valence-corrected chi connectivity index (χ4v) is 1.87. The van der Waals surface area contributed by atoms with E-state index in [2.05, 4.69) is 10.3 Å². The average Bonchev–Trinajstić information content (AvgIpc) is 2.89. The monoisotopic (exact) mass is 273 g/mol. The van der Waals surface area contributed by atoms with Gasteiger partial charge in [-0.3, -0.25) is 9.48 Å². The van der Waals surface area contributed by atoms with Gasteiger partial charge in [0.25, 0.3) is 5.91 Å². The number of aryl methyl sites for hydroxylation is 1. The zero-order chi connectivity index (χ0) is 14.5. The van der Waals surface area contributed by atoms with Crippen molar-refractivity contribution < 1.29 is 4.79 Å². The van der Waals surface area contributed by atoms with E-state index in [1.54, 1.807) is 22.8 Å². The smallest absolute Gasteiger partial charge is 0.276 e. The molecule has 1 aromatic heterocycles. The Hall–Kier alpha value is -2.21. The van der Waals surface area contributed by atoms with Crippen molar-refractivity contribution >= 4 is 5.91 Å². The zero-order valence-electron chi connectivity index (χ0n) is 11.8. The molecule has 1 amide bonds. The van der Waals surface area contributed by atoms with Gasteiger partial charge in [-0.1, -0.05) is 35.0 Å². The molecule has 0 aliphatic carbocycles. The third-order valence-electron chi connectivity index (χ3n) is 3.00. The lowest BCUT2D eigenvalue weighted by molar-refractivity contribution is 0.0779. The Bertz CT molecular complexity index is 576. The van der Waals surface area contributed by atoms with Crippen molar-refractivity contribution in [3.63, 3.8) is 0 Å². The van der Waals surface area contributed by atoms with Gasteiger partial charge in [-0.25, -0.2) is 0 Å². The lowest BCUT2D eigenvalue weighted by atomic mass is 10.1. The third kappa shape index (κ3) is 3.42. The first-order valence-electron chi connectivity index (χ1n) is 6.51. The van der Waals surface area contributed by atoms with E-state index in [0.717, 1.165) is 5.56 Å². The Kier molecular flexibility index (Phi) is 4.47. The second kappa shape index (κ2) is 6.29. The Morgan fingerprint density at radius 3 is 2.70 bits per heavy atom. The van der Waals surface area contributed by atoms with E-state index >= 15 is 0 Å². The number of hydrogen-bond donors (Lipinski definition) is 1. The van der Waals surface area contributed by atoms with E-state index < -0.39 is 0 Å². The lowest BCUT2D eigenvalue weighted by Gasteiger charge is -2.15. The molecule has 0 radical (unpaired) electrons. The normalized spacial score (nSPS) is 10.6. The van der Waals surface area contributed by atoms with E-state index in [1.165, 1.54) is 5.56 Å². The van der Waals surface area contributed by atoms with E-state index in [1.807, 2.05) is 31.2 Å². The summed E-state index contributed by atoms with van der Waals surface area (Å²) in [5.74, 6) is -0.145. The van der Waals surface area contributed by atoms with E-state index in [0.29, 0.717) is 25.3 Å².